The molecule has 0 spiro atoms. The maximum Gasteiger partial charge on any atom is 0.407 e. The Labute approximate surface area is 178 Å². The molecule has 31 heavy (non-hydrogen) atoms. The molecule has 2 aliphatic rings. The van der Waals surface area contributed by atoms with Gasteiger partial charge in [-0.2, -0.15) is 0 Å². The number of hydrogen-bond acceptors (Lipinski definition) is 8. The summed E-state index contributed by atoms with van der Waals surface area (Å²) in [5.41, 5.74) is 8.37. The fourth-order valence-corrected chi connectivity index (χ4v) is 3.50. The topological polar surface area (TPSA) is 126 Å². The molecule has 1 aliphatic heterocycles. The molecule has 10 nitrogen and oxygen atoms in total. The van der Waals surface area contributed by atoms with Crippen LogP contribution in [0, 0.1) is 0 Å². The van der Waals surface area contributed by atoms with Crippen LogP contribution in [0.15, 0.2) is 24.5 Å². The highest BCUT2D eigenvalue weighted by Gasteiger charge is 2.28. The number of fused-ring (bicyclic) bond motifs is 2. The second kappa shape index (κ2) is 8.29. The second-order valence-corrected chi connectivity index (χ2v) is 7.74. The van der Waals surface area contributed by atoms with E-state index in [-0.39, 0.29) is 6.79 Å². The molecule has 0 atom stereocenters. The highest BCUT2D eigenvalue weighted by atomic mass is 16.7. The first-order valence-corrected chi connectivity index (χ1v) is 10.4. The summed E-state index contributed by atoms with van der Waals surface area (Å²) in [6, 6.07) is 5.56. The molecule has 1 aliphatic carbocycles. The van der Waals surface area contributed by atoms with Crippen LogP contribution in [0.25, 0.3) is 11.2 Å². The van der Waals surface area contributed by atoms with Crippen molar-refractivity contribution in [3.8, 4) is 11.5 Å². The minimum atomic E-state index is -0.444. The molecule has 0 unspecified atom stereocenters. The number of aryl methyl sites for hydroxylation is 1. The van der Waals surface area contributed by atoms with Crippen molar-refractivity contribution in [2.24, 2.45) is 0 Å². The summed E-state index contributed by atoms with van der Waals surface area (Å²) in [6.45, 7) is 1.65. The lowest BCUT2D eigenvalue weighted by atomic mass is 10.2. The van der Waals surface area contributed by atoms with Crippen LogP contribution in [0.1, 0.15) is 43.0 Å². The molecular weight excluding hydrogens is 400 g/mol. The van der Waals surface area contributed by atoms with E-state index in [1.807, 2.05) is 22.8 Å². The van der Waals surface area contributed by atoms with Crippen molar-refractivity contribution < 1.29 is 19.0 Å². The average Bonchev–Trinajstić information content (AvgIpc) is 3.38. The van der Waals surface area contributed by atoms with E-state index in [1.165, 1.54) is 0 Å². The quantitative estimate of drug-likeness (QED) is 0.529. The Kier molecular flexibility index (Phi) is 5.19. The number of ether oxygens (including phenoxy) is 3. The van der Waals surface area contributed by atoms with Crippen LogP contribution >= 0.6 is 0 Å². The largest absolute Gasteiger partial charge is 0.454 e. The van der Waals surface area contributed by atoms with E-state index < -0.39 is 6.09 Å². The highest BCUT2D eigenvalue weighted by Crippen LogP contribution is 2.39. The summed E-state index contributed by atoms with van der Waals surface area (Å²) in [6.07, 6.45) is 5.09. The molecule has 2 aromatic heterocycles. The summed E-state index contributed by atoms with van der Waals surface area (Å²) < 4.78 is 17.9. The van der Waals surface area contributed by atoms with Crippen LogP contribution in [0.3, 0.4) is 0 Å². The van der Waals surface area contributed by atoms with E-state index in [0.717, 1.165) is 55.0 Å². The van der Waals surface area contributed by atoms with Gasteiger partial charge in [-0.15, -0.1) is 0 Å². The molecule has 5 rings (SSSR count). The van der Waals surface area contributed by atoms with Crippen LogP contribution in [-0.4, -0.2) is 39.0 Å². The van der Waals surface area contributed by atoms with Gasteiger partial charge >= 0.3 is 6.09 Å². The minimum Gasteiger partial charge on any atom is -0.454 e. The summed E-state index contributed by atoms with van der Waals surface area (Å²) in [5.74, 6) is 3.09. The van der Waals surface area contributed by atoms with Crippen molar-refractivity contribution >= 4 is 23.1 Å². The maximum atomic E-state index is 11.9. The third kappa shape index (κ3) is 4.32. The number of alkyl carbamates (subject to hydrolysis) is 1. The van der Waals surface area contributed by atoms with E-state index in [9.17, 15) is 4.79 Å². The van der Waals surface area contributed by atoms with Crippen LogP contribution in [0.2, 0.25) is 0 Å². The Balaban J connectivity index is 1.05. The van der Waals surface area contributed by atoms with Crippen molar-refractivity contribution in [1.29, 1.82) is 0 Å². The van der Waals surface area contributed by atoms with E-state index in [1.54, 1.807) is 6.33 Å². The average molecular weight is 424 g/mol. The van der Waals surface area contributed by atoms with Crippen LogP contribution in [0.5, 0.6) is 11.5 Å². The predicted molar refractivity (Wildman–Crippen MR) is 112 cm³/mol. The number of carbonyl (C=O) groups is 1. The number of rotatable bonds is 8. The van der Waals surface area contributed by atoms with Crippen molar-refractivity contribution in [1.82, 2.24) is 24.8 Å². The smallest absolute Gasteiger partial charge is 0.407 e. The Morgan fingerprint density at radius 3 is 2.97 bits per heavy atom. The fourth-order valence-electron chi connectivity index (χ4n) is 3.50. The molecule has 0 bridgehead atoms. The standard InChI is InChI=1S/C21H24N6O4/c22-18-17-20(26-19(25-18)14-4-5-14)27(11-24-17)7-1-2-8-29-21(28)23-10-13-3-6-15-16(9-13)31-12-30-15/h3,6,9,11,14H,1-2,4-5,7-8,10,12H2,(H,23,28)(H2,22,25,26). The Morgan fingerprint density at radius 2 is 2.10 bits per heavy atom. The zero-order chi connectivity index (χ0) is 21.2. The zero-order valence-corrected chi connectivity index (χ0v) is 17.0. The summed E-state index contributed by atoms with van der Waals surface area (Å²) in [4.78, 5) is 25.3. The number of anilines is 1. The lowest BCUT2D eigenvalue weighted by molar-refractivity contribution is 0.143. The molecule has 0 radical (unpaired) electrons. The maximum absolute atomic E-state index is 11.9. The predicted octanol–water partition coefficient (Wildman–Crippen LogP) is 2.72. The van der Waals surface area contributed by atoms with Crippen molar-refractivity contribution in [2.45, 2.75) is 44.7 Å². The molecule has 1 aromatic carbocycles. The number of imidazole rings is 1. The molecular formula is C21H24N6O4. The number of nitrogens with one attached hydrogen (secondary N) is 1. The second-order valence-electron chi connectivity index (χ2n) is 7.74. The lowest BCUT2D eigenvalue weighted by Crippen LogP contribution is -2.24. The van der Waals surface area contributed by atoms with Crippen LogP contribution in [0.4, 0.5) is 10.6 Å². The number of nitrogen functional groups attached to an aromatic ring is 1. The number of carbonyl (C=O) groups excluding carboxylic acids is 1. The summed E-state index contributed by atoms with van der Waals surface area (Å²) in [5, 5.41) is 2.74. The van der Waals surface area contributed by atoms with Gasteiger partial charge in [0.1, 0.15) is 11.3 Å². The van der Waals surface area contributed by atoms with Gasteiger partial charge in [0.15, 0.2) is 23.0 Å². The number of unbranched alkanes of at least 4 members (excludes halogenated alkanes) is 1. The van der Waals surface area contributed by atoms with E-state index >= 15 is 0 Å². The van der Waals surface area contributed by atoms with Crippen molar-refractivity contribution in [3.05, 3.63) is 35.9 Å². The van der Waals surface area contributed by atoms with E-state index in [0.29, 0.717) is 36.2 Å². The van der Waals surface area contributed by atoms with E-state index in [4.69, 9.17) is 19.9 Å². The van der Waals surface area contributed by atoms with Crippen LogP contribution in [-0.2, 0) is 17.8 Å². The first-order chi connectivity index (χ1) is 15.2. The minimum absolute atomic E-state index is 0.227. The van der Waals surface area contributed by atoms with Gasteiger partial charge in [-0.3, -0.25) is 0 Å². The number of nitrogens with two attached hydrogens (primary N) is 1. The SMILES string of the molecule is Nc1nc(C2CC2)nc2c1ncn2CCCCOC(=O)NCc1ccc2c(c1)OCO2. The number of amides is 1. The van der Waals surface area contributed by atoms with Crippen molar-refractivity contribution in [3.63, 3.8) is 0 Å². The molecule has 3 heterocycles. The fraction of sp³-hybridized carbons (Fsp3) is 0.429. The van der Waals surface area contributed by atoms with Gasteiger partial charge in [0.25, 0.3) is 0 Å². The van der Waals surface area contributed by atoms with Gasteiger partial charge < -0.3 is 29.8 Å². The summed E-state index contributed by atoms with van der Waals surface area (Å²) in [7, 11) is 0. The number of benzene rings is 1. The summed E-state index contributed by atoms with van der Waals surface area (Å²) >= 11 is 0. The molecule has 10 heteroatoms. The Hall–Kier alpha value is -3.56. The van der Waals surface area contributed by atoms with Gasteiger partial charge in [0, 0.05) is 19.0 Å². The molecule has 0 saturated heterocycles. The Morgan fingerprint density at radius 1 is 1.23 bits per heavy atom. The molecule has 162 valence electrons. The lowest BCUT2D eigenvalue weighted by Gasteiger charge is -2.08. The van der Waals surface area contributed by atoms with E-state index in [2.05, 4.69) is 20.3 Å². The van der Waals surface area contributed by atoms with Gasteiger partial charge in [-0.1, -0.05) is 6.07 Å². The van der Waals surface area contributed by atoms with Crippen molar-refractivity contribution in [2.75, 3.05) is 19.1 Å². The first-order valence-electron chi connectivity index (χ1n) is 10.4. The molecule has 1 fully saturated rings. The number of nitrogens with zero attached hydrogens (tertiary/aromatic N) is 4. The monoisotopic (exact) mass is 424 g/mol. The molecule has 3 aromatic rings. The van der Waals surface area contributed by atoms with Gasteiger partial charge in [-0.25, -0.2) is 19.7 Å². The number of hydrogen-bond donors (Lipinski definition) is 2. The van der Waals surface area contributed by atoms with Gasteiger partial charge in [0.2, 0.25) is 6.79 Å². The normalized spacial score (nSPS) is 14.7. The Bertz CT molecular complexity index is 1110. The third-order valence-corrected chi connectivity index (χ3v) is 5.35. The van der Waals surface area contributed by atoms with Crippen LogP contribution < -0.4 is 20.5 Å². The molecule has 1 amide bonds. The highest BCUT2D eigenvalue weighted by molar-refractivity contribution is 5.81. The molecule has 3 N–H and O–H groups in total. The zero-order valence-electron chi connectivity index (χ0n) is 17.0. The third-order valence-electron chi connectivity index (χ3n) is 5.35. The number of aromatic nitrogens is 4. The van der Waals surface area contributed by atoms with Gasteiger partial charge in [0.05, 0.1) is 12.9 Å². The van der Waals surface area contributed by atoms with Gasteiger partial charge in [-0.05, 0) is 43.4 Å². The first kappa shape index (κ1) is 19.4. The molecule has 1 saturated carbocycles.